The number of anilines is 1. The van der Waals surface area contributed by atoms with Crippen LogP contribution in [0.3, 0.4) is 0 Å². The number of fused-ring (bicyclic) bond motifs is 1. The Labute approximate surface area is 147 Å². The molecule has 0 saturated carbocycles. The molecule has 5 nitrogen and oxygen atoms in total. The van der Waals surface area contributed by atoms with Crippen LogP contribution in [0.2, 0.25) is 0 Å². The Bertz CT molecular complexity index is 947. The minimum absolute atomic E-state index is 0.0874. The van der Waals surface area contributed by atoms with Crippen LogP contribution in [0.4, 0.5) is 18.9 Å². The lowest BCUT2D eigenvalue weighted by atomic mass is 10.2. The third-order valence-corrected chi connectivity index (χ3v) is 3.92. The molecular formula is C18H16F3N3O2. The van der Waals surface area contributed by atoms with Gasteiger partial charge in [0.25, 0.3) is 5.91 Å². The Kier molecular flexibility index (Phi) is 4.58. The number of hydrogen-bond donors (Lipinski definition) is 1. The number of ether oxygens (including phenoxy) is 1. The monoisotopic (exact) mass is 363 g/mol. The number of methoxy groups -OCH3 is 1. The highest BCUT2D eigenvalue weighted by Crippen LogP contribution is 2.30. The first-order valence-electron chi connectivity index (χ1n) is 7.87. The van der Waals surface area contributed by atoms with Crippen LogP contribution in [-0.2, 0) is 12.6 Å². The van der Waals surface area contributed by atoms with Gasteiger partial charge in [-0.05, 0) is 42.8 Å². The van der Waals surface area contributed by atoms with E-state index in [2.05, 4.69) is 10.3 Å². The molecule has 0 aliphatic heterocycles. The summed E-state index contributed by atoms with van der Waals surface area (Å²) in [6.45, 7) is 1.79. The van der Waals surface area contributed by atoms with Gasteiger partial charge in [-0.1, -0.05) is 6.92 Å². The zero-order valence-corrected chi connectivity index (χ0v) is 14.1. The molecule has 0 aliphatic rings. The van der Waals surface area contributed by atoms with Crippen LogP contribution in [-0.4, -0.2) is 22.4 Å². The van der Waals surface area contributed by atoms with Gasteiger partial charge in [0.15, 0.2) is 0 Å². The zero-order valence-electron chi connectivity index (χ0n) is 14.1. The first-order chi connectivity index (χ1) is 12.3. The Balaban J connectivity index is 2.02. The lowest BCUT2D eigenvalue weighted by Gasteiger charge is -2.10. The number of imidazole rings is 1. The van der Waals surface area contributed by atoms with Gasteiger partial charge in [-0.25, -0.2) is 4.98 Å². The number of carbonyl (C=O) groups excluding carboxylic acids is 1. The number of aryl methyl sites for hydroxylation is 1. The van der Waals surface area contributed by atoms with Crippen molar-refractivity contribution in [2.45, 2.75) is 19.5 Å². The number of nitrogens with zero attached hydrogens (tertiary/aromatic N) is 2. The number of carbonyl (C=O) groups is 1. The van der Waals surface area contributed by atoms with Gasteiger partial charge < -0.3 is 10.1 Å². The van der Waals surface area contributed by atoms with E-state index in [0.717, 1.165) is 12.3 Å². The standard InChI is InChI=1S/C18H16F3N3O2/c1-3-14-16(17(25)22-12-5-7-13(26-2)8-6-12)24-10-11(18(19,20)21)4-9-15(24)23-14/h4-10H,3H2,1-2H3,(H,22,25). The summed E-state index contributed by atoms with van der Waals surface area (Å²) >= 11 is 0. The summed E-state index contributed by atoms with van der Waals surface area (Å²) in [7, 11) is 1.53. The Hall–Kier alpha value is -3.03. The molecule has 1 aromatic carbocycles. The van der Waals surface area contributed by atoms with Gasteiger partial charge in [0, 0.05) is 11.9 Å². The molecule has 0 aliphatic carbocycles. The topological polar surface area (TPSA) is 55.6 Å². The fourth-order valence-electron chi connectivity index (χ4n) is 2.61. The van der Waals surface area contributed by atoms with E-state index in [4.69, 9.17) is 4.74 Å². The van der Waals surface area contributed by atoms with E-state index in [1.807, 2.05) is 0 Å². The van der Waals surface area contributed by atoms with Gasteiger partial charge in [-0.15, -0.1) is 0 Å². The Morgan fingerprint density at radius 1 is 1.19 bits per heavy atom. The fourth-order valence-corrected chi connectivity index (χ4v) is 2.61. The number of amides is 1. The largest absolute Gasteiger partial charge is 0.497 e. The lowest BCUT2D eigenvalue weighted by Crippen LogP contribution is -2.17. The molecule has 136 valence electrons. The van der Waals surface area contributed by atoms with Crippen molar-refractivity contribution in [3.63, 3.8) is 0 Å². The van der Waals surface area contributed by atoms with Gasteiger partial charge in [-0.3, -0.25) is 9.20 Å². The van der Waals surface area contributed by atoms with Gasteiger partial charge in [0.05, 0.1) is 18.4 Å². The van der Waals surface area contributed by atoms with Crippen molar-refractivity contribution < 1.29 is 22.7 Å². The second-order valence-electron chi connectivity index (χ2n) is 5.59. The van der Waals surface area contributed by atoms with Crippen LogP contribution in [0.15, 0.2) is 42.6 Å². The number of aromatic nitrogens is 2. The molecule has 0 bridgehead atoms. The zero-order chi connectivity index (χ0) is 18.9. The number of pyridine rings is 1. The van der Waals surface area contributed by atoms with Crippen molar-refractivity contribution in [2.75, 3.05) is 12.4 Å². The smallest absolute Gasteiger partial charge is 0.417 e. The lowest BCUT2D eigenvalue weighted by molar-refractivity contribution is -0.137. The maximum absolute atomic E-state index is 13.0. The second kappa shape index (κ2) is 6.70. The van der Waals surface area contributed by atoms with Crippen molar-refractivity contribution in [1.82, 2.24) is 9.38 Å². The maximum Gasteiger partial charge on any atom is 0.417 e. The van der Waals surface area contributed by atoms with Crippen molar-refractivity contribution in [3.05, 3.63) is 59.5 Å². The molecule has 3 aromatic rings. The van der Waals surface area contributed by atoms with E-state index in [1.54, 1.807) is 31.2 Å². The van der Waals surface area contributed by atoms with Crippen LogP contribution < -0.4 is 10.1 Å². The molecule has 1 amide bonds. The van der Waals surface area contributed by atoms with Crippen molar-refractivity contribution in [1.29, 1.82) is 0 Å². The molecule has 26 heavy (non-hydrogen) atoms. The predicted octanol–water partition coefficient (Wildman–Crippen LogP) is 4.18. The van der Waals surface area contributed by atoms with Crippen molar-refractivity contribution >= 4 is 17.2 Å². The van der Waals surface area contributed by atoms with Crippen LogP contribution in [0.5, 0.6) is 5.75 Å². The number of nitrogens with one attached hydrogen (secondary N) is 1. The van der Waals surface area contributed by atoms with Gasteiger partial charge in [-0.2, -0.15) is 13.2 Å². The van der Waals surface area contributed by atoms with E-state index in [1.165, 1.54) is 17.6 Å². The molecule has 0 unspecified atom stereocenters. The van der Waals surface area contributed by atoms with Crippen LogP contribution in [0.1, 0.15) is 28.7 Å². The van der Waals surface area contributed by atoms with E-state index < -0.39 is 17.6 Å². The summed E-state index contributed by atoms with van der Waals surface area (Å²) in [5, 5.41) is 2.68. The third kappa shape index (κ3) is 3.35. The van der Waals surface area contributed by atoms with E-state index in [9.17, 15) is 18.0 Å². The molecule has 0 fully saturated rings. The van der Waals surface area contributed by atoms with E-state index in [0.29, 0.717) is 23.6 Å². The highest BCUT2D eigenvalue weighted by molar-refractivity contribution is 6.04. The Morgan fingerprint density at radius 3 is 2.46 bits per heavy atom. The summed E-state index contributed by atoms with van der Waals surface area (Å²) in [6, 6.07) is 8.84. The summed E-state index contributed by atoms with van der Waals surface area (Å²) < 4.78 is 45.3. The molecule has 0 saturated heterocycles. The fraction of sp³-hybridized carbons (Fsp3) is 0.222. The number of alkyl halides is 3. The summed E-state index contributed by atoms with van der Waals surface area (Å²) in [5.74, 6) is 0.0979. The van der Waals surface area contributed by atoms with Crippen molar-refractivity contribution in [2.24, 2.45) is 0 Å². The molecule has 0 atom stereocenters. The van der Waals surface area contributed by atoms with Crippen LogP contribution in [0, 0.1) is 0 Å². The number of hydrogen-bond acceptors (Lipinski definition) is 3. The SMILES string of the molecule is CCc1nc2ccc(C(F)(F)F)cn2c1C(=O)Nc1ccc(OC)cc1. The summed E-state index contributed by atoms with van der Waals surface area (Å²) in [5.41, 5.74) is 0.456. The molecule has 8 heteroatoms. The van der Waals surface area contributed by atoms with Gasteiger partial charge in [0.1, 0.15) is 17.1 Å². The normalized spacial score (nSPS) is 11.6. The summed E-state index contributed by atoms with van der Waals surface area (Å²) in [6.07, 6.45) is -3.20. The Morgan fingerprint density at radius 2 is 1.88 bits per heavy atom. The maximum atomic E-state index is 13.0. The molecule has 0 radical (unpaired) electrons. The van der Waals surface area contributed by atoms with E-state index in [-0.39, 0.29) is 11.3 Å². The minimum Gasteiger partial charge on any atom is -0.497 e. The minimum atomic E-state index is -4.51. The quantitative estimate of drug-likeness (QED) is 0.757. The first-order valence-corrected chi connectivity index (χ1v) is 7.87. The summed E-state index contributed by atoms with van der Waals surface area (Å²) in [4.78, 5) is 17.0. The molecule has 0 spiro atoms. The first kappa shape index (κ1) is 17.8. The third-order valence-electron chi connectivity index (χ3n) is 3.92. The highest BCUT2D eigenvalue weighted by Gasteiger charge is 2.31. The van der Waals surface area contributed by atoms with Gasteiger partial charge >= 0.3 is 6.18 Å². The highest BCUT2D eigenvalue weighted by atomic mass is 19.4. The molecule has 2 aromatic heterocycles. The molecule has 3 rings (SSSR count). The molecule has 1 N–H and O–H groups in total. The number of rotatable bonds is 4. The average Bonchev–Trinajstić information content (AvgIpc) is 2.99. The van der Waals surface area contributed by atoms with Crippen LogP contribution >= 0.6 is 0 Å². The molecular weight excluding hydrogens is 347 g/mol. The van der Waals surface area contributed by atoms with Crippen molar-refractivity contribution in [3.8, 4) is 5.75 Å². The number of halogens is 3. The predicted molar refractivity (Wildman–Crippen MR) is 90.5 cm³/mol. The number of benzene rings is 1. The average molecular weight is 363 g/mol. The molecule has 2 heterocycles. The van der Waals surface area contributed by atoms with E-state index >= 15 is 0 Å². The second-order valence-corrected chi connectivity index (χ2v) is 5.59. The van der Waals surface area contributed by atoms with Crippen LogP contribution in [0.25, 0.3) is 5.65 Å². The van der Waals surface area contributed by atoms with Gasteiger partial charge in [0.2, 0.25) is 0 Å².